The van der Waals surface area contributed by atoms with Crippen LogP contribution >= 0.6 is 0 Å². The number of aromatic nitrogens is 2. The van der Waals surface area contributed by atoms with E-state index in [9.17, 15) is 9.90 Å². The van der Waals surface area contributed by atoms with E-state index >= 15 is 0 Å². The van der Waals surface area contributed by atoms with Crippen molar-refractivity contribution in [2.45, 2.75) is 32.9 Å². The van der Waals surface area contributed by atoms with Crippen LogP contribution in [0, 0.1) is 6.92 Å². The maximum Gasteiger partial charge on any atom is 0.251 e. The average molecular weight is 268 g/mol. The van der Waals surface area contributed by atoms with Crippen LogP contribution in [0.3, 0.4) is 0 Å². The molecule has 19 heavy (non-hydrogen) atoms. The highest BCUT2D eigenvalue weighted by Gasteiger charge is 2.28. The van der Waals surface area contributed by atoms with E-state index in [2.05, 4.69) is 15.1 Å². The van der Waals surface area contributed by atoms with Crippen molar-refractivity contribution in [2.24, 2.45) is 0 Å². The third-order valence-corrected chi connectivity index (χ3v) is 3.43. The summed E-state index contributed by atoms with van der Waals surface area (Å²) in [5.74, 6) is 0.957. The number of carbonyl (C=O) groups excluding carboxylic acids is 1. The summed E-state index contributed by atoms with van der Waals surface area (Å²) in [7, 11) is 0. The topological polar surface area (TPSA) is 82.7 Å². The summed E-state index contributed by atoms with van der Waals surface area (Å²) in [5, 5.41) is 17.1. The minimum absolute atomic E-state index is 0.0463. The van der Waals surface area contributed by atoms with E-state index in [4.69, 9.17) is 4.42 Å². The molecular formula is C12H20N4O3. The summed E-state index contributed by atoms with van der Waals surface area (Å²) >= 11 is 0. The molecule has 7 nitrogen and oxygen atoms in total. The van der Waals surface area contributed by atoms with Gasteiger partial charge in [0.1, 0.15) is 6.10 Å². The SMILES string of the molecule is Cc1nnc(C(C)N2CCN(C(=O)C(C)O)CC2)o1. The number of rotatable bonds is 3. The molecule has 1 aromatic heterocycles. The molecule has 2 atom stereocenters. The standard InChI is InChI=1S/C12H20N4O3/c1-8(11-14-13-10(3)19-11)15-4-6-16(7-5-15)12(18)9(2)17/h8-9,17H,4-7H2,1-3H3. The molecule has 0 saturated carbocycles. The van der Waals surface area contributed by atoms with Gasteiger partial charge < -0.3 is 14.4 Å². The second-order valence-electron chi connectivity index (χ2n) is 4.87. The number of hydrogen-bond donors (Lipinski definition) is 1. The van der Waals surface area contributed by atoms with E-state index in [0.29, 0.717) is 24.9 Å². The van der Waals surface area contributed by atoms with Crippen molar-refractivity contribution < 1.29 is 14.3 Å². The summed E-state index contributed by atoms with van der Waals surface area (Å²) in [6, 6.07) is 0.0463. The van der Waals surface area contributed by atoms with Crippen LogP contribution < -0.4 is 0 Å². The van der Waals surface area contributed by atoms with Crippen molar-refractivity contribution >= 4 is 5.91 Å². The van der Waals surface area contributed by atoms with Crippen LogP contribution in [0.15, 0.2) is 4.42 Å². The minimum atomic E-state index is -0.928. The van der Waals surface area contributed by atoms with Crippen molar-refractivity contribution in [3.8, 4) is 0 Å². The van der Waals surface area contributed by atoms with Gasteiger partial charge in [-0.15, -0.1) is 10.2 Å². The summed E-state index contributed by atoms with van der Waals surface area (Å²) in [6.45, 7) is 7.98. The van der Waals surface area contributed by atoms with E-state index in [0.717, 1.165) is 13.1 Å². The molecule has 7 heteroatoms. The molecule has 1 amide bonds. The normalized spacial score (nSPS) is 20.3. The molecule has 1 N–H and O–H groups in total. The quantitative estimate of drug-likeness (QED) is 0.828. The Bertz CT molecular complexity index is 438. The predicted octanol–water partition coefficient (Wildman–Crippen LogP) is -0.0360. The highest BCUT2D eigenvalue weighted by molar-refractivity contribution is 5.80. The fourth-order valence-electron chi connectivity index (χ4n) is 2.23. The predicted molar refractivity (Wildman–Crippen MR) is 67.3 cm³/mol. The number of piperazine rings is 1. The molecule has 0 spiro atoms. The highest BCUT2D eigenvalue weighted by atomic mass is 16.4. The Labute approximate surface area is 112 Å². The van der Waals surface area contributed by atoms with Crippen molar-refractivity contribution in [3.05, 3.63) is 11.8 Å². The minimum Gasteiger partial charge on any atom is -0.424 e. The number of carbonyl (C=O) groups is 1. The Morgan fingerprint density at radius 1 is 1.26 bits per heavy atom. The molecular weight excluding hydrogens is 248 g/mol. The molecule has 0 bridgehead atoms. The molecule has 0 aromatic carbocycles. The molecule has 1 aromatic rings. The Kier molecular flexibility index (Phi) is 4.16. The summed E-state index contributed by atoms with van der Waals surface area (Å²) in [6.07, 6.45) is -0.928. The largest absolute Gasteiger partial charge is 0.424 e. The Morgan fingerprint density at radius 2 is 1.89 bits per heavy atom. The van der Waals surface area contributed by atoms with Crippen LogP contribution in [0.4, 0.5) is 0 Å². The van der Waals surface area contributed by atoms with E-state index < -0.39 is 6.10 Å². The van der Waals surface area contributed by atoms with Crippen LogP contribution in [0.2, 0.25) is 0 Å². The third-order valence-electron chi connectivity index (χ3n) is 3.43. The van der Waals surface area contributed by atoms with Gasteiger partial charge in [0.05, 0.1) is 6.04 Å². The Morgan fingerprint density at radius 3 is 2.37 bits per heavy atom. The number of aryl methyl sites for hydroxylation is 1. The van der Waals surface area contributed by atoms with Gasteiger partial charge >= 0.3 is 0 Å². The third kappa shape index (κ3) is 3.10. The molecule has 0 aliphatic carbocycles. The maximum absolute atomic E-state index is 11.7. The Balaban J connectivity index is 1.91. The van der Waals surface area contributed by atoms with E-state index in [1.165, 1.54) is 6.92 Å². The van der Waals surface area contributed by atoms with Gasteiger partial charge in [-0.1, -0.05) is 0 Å². The molecule has 1 aliphatic rings. The summed E-state index contributed by atoms with van der Waals surface area (Å²) in [5.41, 5.74) is 0. The molecule has 1 aliphatic heterocycles. The van der Waals surface area contributed by atoms with Crippen LogP contribution in [0.1, 0.15) is 31.7 Å². The van der Waals surface area contributed by atoms with Gasteiger partial charge in [0.25, 0.3) is 5.91 Å². The van der Waals surface area contributed by atoms with Gasteiger partial charge in [0.2, 0.25) is 11.8 Å². The maximum atomic E-state index is 11.7. The van der Waals surface area contributed by atoms with Crippen molar-refractivity contribution in [2.75, 3.05) is 26.2 Å². The molecule has 1 fully saturated rings. The van der Waals surface area contributed by atoms with Gasteiger partial charge in [-0.05, 0) is 13.8 Å². The zero-order chi connectivity index (χ0) is 14.0. The number of aliphatic hydroxyl groups is 1. The lowest BCUT2D eigenvalue weighted by atomic mass is 10.2. The van der Waals surface area contributed by atoms with Gasteiger partial charge in [-0.25, -0.2) is 0 Å². The molecule has 2 rings (SSSR count). The fraction of sp³-hybridized carbons (Fsp3) is 0.750. The lowest BCUT2D eigenvalue weighted by Crippen LogP contribution is -2.51. The van der Waals surface area contributed by atoms with E-state index in [1.807, 2.05) is 6.92 Å². The van der Waals surface area contributed by atoms with Crippen LogP contribution in [-0.4, -0.2) is 63.3 Å². The molecule has 2 unspecified atom stereocenters. The number of aliphatic hydroxyl groups excluding tert-OH is 1. The first-order valence-electron chi connectivity index (χ1n) is 6.50. The van der Waals surface area contributed by atoms with Crippen LogP contribution in [0.5, 0.6) is 0 Å². The van der Waals surface area contributed by atoms with E-state index in [1.54, 1.807) is 11.8 Å². The smallest absolute Gasteiger partial charge is 0.251 e. The lowest BCUT2D eigenvalue weighted by molar-refractivity contribution is -0.141. The molecule has 0 radical (unpaired) electrons. The van der Waals surface area contributed by atoms with Gasteiger partial charge in [-0.3, -0.25) is 9.69 Å². The average Bonchev–Trinajstić information content (AvgIpc) is 2.84. The zero-order valence-corrected chi connectivity index (χ0v) is 11.5. The fourth-order valence-corrected chi connectivity index (χ4v) is 2.23. The monoisotopic (exact) mass is 268 g/mol. The molecule has 106 valence electrons. The zero-order valence-electron chi connectivity index (χ0n) is 11.5. The number of hydrogen-bond acceptors (Lipinski definition) is 6. The van der Waals surface area contributed by atoms with E-state index in [-0.39, 0.29) is 11.9 Å². The second-order valence-corrected chi connectivity index (χ2v) is 4.87. The van der Waals surface area contributed by atoms with Gasteiger partial charge in [0, 0.05) is 33.1 Å². The number of nitrogens with zero attached hydrogens (tertiary/aromatic N) is 4. The van der Waals surface area contributed by atoms with Crippen molar-refractivity contribution in [1.82, 2.24) is 20.0 Å². The lowest BCUT2D eigenvalue weighted by Gasteiger charge is -2.37. The summed E-state index contributed by atoms with van der Waals surface area (Å²) in [4.78, 5) is 15.5. The molecule has 1 saturated heterocycles. The summed E-state index contributed by atoms with van der Waals surface area (Å²) < 4.78 is 5.43. The highest BCUT2D eigenvalue weighted by Crippen LogP contribution is 2.20. The van der Waals surface area contributed by atoms with Crippen LogP contribution in [0.25, 0.3) is 0 Å². The van der Waals surface area contributed by atoms with Crippen LogP contribution in [-0.2, 0) is 4.79 Å². The first-order valence-corrected chi connectivity index (χ1v) is 6.50. The first kappa shape index (κ1) is 14.0. The Hall–Kier alpha value is -1.47. The van der Waals surface area contributed by atoms with Crippen molar-refractivity contribution in [1.29, 1.82) is 0 Å². The van der Waals surface area contributed by atoms with Gasteiger partial charge in [-0.2, -0.15) is 0 Å². The second kappa shape index (κ2) is 5.66. The number of amides is 1. The van der Waals surface area contributed by atoms with Gasteiger partial charge in [0.15, 0.2) is 0 Å². The molecule has 2 heterocycles. The first-order chi connectivity index (χ1) is 8.99. The van der Waals surface area contributed by atoms with Crippen molar-refractivity contribution in [3.63, 3.8) is 0 Å².